The normalized spacial score (nSPS) is 11.6. The Balaban J connectivity index is 4.27. The molecule has 0 aromatic carbocycles. The van der Waals surface area contributed by atoms with Gasteiger partial charge in [-0.2, -0.15) is 0 Å². The van der Waals surface area contributed by atoms with E-state index in [2.05, 4.69) is 3.07 Å². The fourth-order valence-corrected chi connectivity index (χ4v) is 1.28. The van der Waals surface area contributed by atoms with Crippen LogP contribution in [0.5, 0.6) is 0 Å². The first-order chi connectivity index (χ1) is 4.90. The van der Waals surface area contributed by atoms with Gasteiger partial charge in [0.25, 0.3) is 0 Å². The molecule has 11 heavy (non-hydrogen) atoms. The fraction of sp³-hybridized carbons (Fsp3) is 0.750. The Morgan fingerprint density at radius 3 is 2.27 bits per heavy atom. The topological polar surface area (TPSA) is 63.7 Å². The highest BCUT2D eigenvalue weighted by atomic mass is 127. The summed E-state index contributed by atoms with van der Waals surface area (Å²) in [6.45, 7) is 0. The minimum Gasteiger partial charge on any atom is -0.394 e. The molecule has 0 radical (unpaired) electrons. The molecule has 0 amide bonds. The lowest BCUT2D eigenvalue weighted by atomic mass is 10.8. The van der Waals surface area contributed by atoms with Gasteiger partial charge in [0.05, 0.1) is 0 Å². The summed E-state index contributed by atoms with van der Waals surface area (Å²) in [6.07, 6.45) is 0. The van der Waals surface area contributed by atoms with Gasteiger partial charge < -0.3 is 3.07 Å². The van der Waals surface area contributed by atoms with Gasteiger partial charge >= 0.3 is 5.97 Å². The molecule has 0 fully saturated rings. The molecule has 0 aliphatic rings. The number of halogens is 1. The monoisotopic (exact) mass is 293 g/mol. The van der Waals surface area contributed by atoms with Crippen molar-refractivity contribution in [1.29, 1.82) is 0 Å². The number of hydrogen-bond acceptors (Lipinski definition) is 4. The van der Waals surface area contributed by atoms with Crippen molar-refractivity contribution in [2.24, 2.45) is 0 Å². The van der Waals surface area contributed by atoms with Crippen molar-refractivity contribution >= 4 is 39.0 Å². The third-order valence-corrected chi connectivity index (χ3v) is 3.15. The lowest BCUT2D eigenvalue weighted by Gasteiger charge is -2.08. The lowest BCUT2D eigenvalue weighted by Crippen LogP contribution is -2.29. The standard InChI is InChI=1S/C4H8INO4S/c1-6(2)11(8,9)3-4(7)10-5/h3H2,1-2H3. The molecule has 0 heterocycles. The molecular weight excluding hydrogens is 285 g/mol. The van der Waals surface area contributed by atoms with Gasteiger partial charge in [0.1, 0.15) is 0 Å². The van der Waals surface area contributed by atoms with Gasteiger partial charge in [0.15, 0.2) is 28.8 Å². The zero-order valence-electron chi connectivity index (χ0n) is 6.07. The quantitative estimate of drug-likeness (QED) is 0.674. The maximum absolute atomic E-state index is 10.9. The van der Waals surface area contributed by atoms with Crippen LogP contribution in [0.15, 0.2) is 0 Å². The Morgan fingerprint density at radius 1 is 1.55 bits per heavy atom. The van der Waals surface area contributed by atoms with Crippen molar-refractivity contribution in [3.63, 3.8) is 0 Å². The first kappa shape index (κ1) is 11.1. The third-order valence-electron chi connectivity index (χ3n) is 0.943. The molecular formula is C4H8INO4S. The minimum absolute atomic E-state index is 0.608. The van der Waals surface area contributed by atoms with E-state index in [9.17, 15) is 13.2 Å². The first-order valence-electron chi connectivity index (χ1n) is 2.62. The van der Waals surface area contributed by atoms with Crippen molar-refractivity contribution in [2.45, 2.75) is 0 Å². The average molecular weight is 293 g/mol. The molecule has 0 saturated heterocycles. The fourth-order valence-electron chi connectivity index (χ4n) is 0.300. The highest BCUT2D eigenvalue weighted by molar-refractivity contribution is 14.1. The molecule has 0 saturated carbocycles. The zero-order valence-corrected chi connectivity index (χ0v) is 9.05. The van der Waals surface area contributed by atoms with Crippen molar-refractivity contribution in [3.05, 3.63) is 0 Å². The molecule has 0 aliphatic heterocycles. The van der Waals surface area contributed by atoms with Crippen LogP contribution in [0.4, 0.5) is 0 Å². The van der Waals surface area contributed by atoms with Gasteiger partial charge in [0, 0.05) is 14.1 Å². The summed E-state index contributed by atoms with van der Waals surface area (Å²) in [7, 11) is -0.742. The Bertz CT molecular complexity index is 234. The maximum Gasteiger partial charge on any atom is 0.331 e. The third kappa shape index (κ3) is 3.87. The van der Waals surface area contributed by atoms with E-state index in [1.54, 1.807) is 0 Å². The summed E-state index contributed by atoms with van der Waals surface area (Å²) in [5, 5.41) is 0. The van der Waals surface area contributed by atoms with Crippen LogP contribution >= 0.6 is 23.0 Å². The molecule has 66 valence electrons. The zero-order chi connectivity index (χ0) is 9.07. The van der Waals surface area contributed by atoms with E-state index in [0.717, 1.165) is 4.31 Å². The van der Waals surface area contributed by atoms with Crippen LogP contribution in [-0.4, -0.2) is 38.5 Å². The Labute approximate surface area is 79.4 Å². The van der Waals surface area contributed by atoms with E-state index >= 15 is 0 Å². The van der Waals surface area contributed by atoms with Crippen LogP contribution in [0.1, 0.15) is 0 Å². The van der Waals surface area contributed by atoms with Crippen LogP contribution in [0, 0.1) is 0 Å². The SMILES string of the molecule is CN(C)S(=O)(=O)CC(=O)OI. The van der Waals surface area contributed by atoms with Crippen LogP contribution in [0.3, 0.4) is 0 Å². The number of rotatable bonds is 3. The number of sulfonamides is 1. The molecule has 0 bridgehead atoms. The Kier molecular flexibility index (Phi) is 4.26. The molecule has 0 N–H and O–H groups in total. The van der Waals surface area contributed by atoms with E-state index in [1.807, 2.05) is 0 Å². The van der Waals surface area contributed by atoms with Crippen molar-refractivity contribution < 1.29 is 16.3 Å². The van der Waals surface area contributed by atoms with Crippen molar-refractivity contribution in [2.75, 3.05) is 19.8 Å². The predicted molar refractivity (Wildman–Crippen MR) is 47.6 cm³/mol. The van der Waals surface area contributed by atoms with Crippen LogP contribution in [0.25, 0.3) is 0 Å². The minimum atomic E-state index is -3.46. The first-order valence-corrected chi connectivity index (χ1v) is 5.11. The Morgan fingerprint density at radius 2 is 2.00 bits per heavy atom. The van der Waals surface area contributed by atoms with Gasteiger partial charge in [-0.05, 0) is 0 Å². The maximum atomic E-state index is 10.9. The van der Waals surface area contributed by atoms with Gasteiger partial charge in [-0.3, -0.25) is 4.79 Å². The van der Waals surface area contributed by atoms with E-state index in [1.165, 1.54) is 37.1 Å². The van der Waals surface area contributed by atoms with Crippen LogP contribution in [0.2, 0.25) is 0 Å². The van der Waals surface area contributed by atoms with Crippen LogP contribution in [-0.2, 0) is 17.9 Å². The molecule has 0 unspecified atom stereocenters. The van der Waals surface area contributed by atoms with Crippen LogP contribution < -0.4 is 0 Å². The van der Waals surface area contributed by atoms with Crippen molar-refractivity contribution in [1.82, 2.24) is 4.31 Å². The summed E-state index contributed by atoms with van der Waals surface area (Å²) >= 11 is 1.34. The second kappa shape index (κ2) is 4.21. The number of carbonyl (C=O) groups is 1. The summed E-state index contributed by atoms with van der Waals surface area (Å²) in [5.41, 5.74) is 0. The molecule has 0 aliphatic carbocycles. The molecule has 5 nitrogen and oxygen atoms in total. The number of nitrogens with zero attached hydrogens (tertiary/aromatic N) is 1. The highest BCUT2D eigenvalue weighted by Gasteiger charge is 2.19. The van der Waals surface area contributed by atoms with E-state index in [4.69, 9.17) is 0 Å². The molecule has 0 spiro atoms. The molecule has 7 heteroatoms. The summed E-state index contributed by atoms with van der Waals surface area (Å²) in [5.74, 6) is -1.37. The molecule has 0 atom stereocenters. The number of hydrogen-bond donors (Lipinski definition) is 0. The second-order valence-corrected chi connectivity index (χ2v) is 4.61. The van der Waals surface area contributed by atoms with Gasteiger partial charge in [-0.1, -0.05) is 0 Å². The van der Waals surface area contributed by atoms with E-state index < -0.39 is 21.7 Å². The smallest absolute Gasteiger partial charge is 0.331 e. The predicted octanol–water partition coefficient (Wildman–Crippen LogP) is -0.229. The molecule has 0 rings (SSSR count). The van der Waals surface area contributed by atoms with E-state index in [-0.39, 0.29) is 0 Å². The van der Waals surface area contributed by atoms with Crippen molar-refractivity contribution in [3.8, 4) is 0 Å². The summed E-state index contributed by atoms with van der Waals surface area (Å²) < 4.78 is 27.0. The lowest BCUT2D eigenvalue weighted by molar-refractivity contribution is -0.128. The van der Waals surface area contributed by atoms with Gasteiger partial charge in [-0.15, -0.1) is 0 Å². The number of carbonyl (C=O) groups excluding carboxylic acids is 1. The second-order valence-electron chi connectivity index (χ2n) is 1.99. The average Bonchev–Trinajstić information content (AvgIpc) is 1.86. The van der Waals surface area contributed by atoms with E-state index in [0.29, 0.717) is 0 Å². The summed E-state index contributed by atoms with van der Waals surface area (Å²) in [6, 6.07) is 0. The largest absolute Gasteiger partial charge is 0.394 e. The highest BCUT2D eigenvalue weighted by Crippen LogP contribution is 1.97. The Hall–Kier alpha value is 0.110. The molecule has 0 aromatic heterocycles. The molecule has 0 aromatic rings. The summed E-state index contributed by atoms with van der Waals surface area (Å²) in [4.78, 5) is 10.5. The van der Waals surface area contributed by atoms with Gasteiger partial charge in [0.2, 0.25) is 10.0 Å². The van der Waals surface area contributed by atoms with Gasteiger partial charge in [-0.25, -0.2) is 12.7 Å².